The van der Waals surface area contributed by atoms with Crippen LogP contribution in [0, 0.1) is 0 Å². The smallest absolute Gasteiger partial charge is 0.281 e. The normalized spacial score (nSPS) is 11.5. The van der Waals surface area contributed by atoms with Crippen molar-refractivity contribution in [1.82, 2.24) is 9.78 Å². The van der Waals surface area contributed by atoms with Crippen LogP contribution >= 0.6 is 11.6 Å². The summed E-state index contributed by atoms with van der Waals surface area (Å²) in [6, 6.07) is 22.6. The van der Waals surface area contributed by atoms with E-state index < -0.39 is 17.0 Å². The number of benzene rings is 3. The molecule has 4 aromatic rings. The second kappa shape index (κ2) is 9.01. The predicted molar refractivity (Wildman–Crippen MR) is 118 cm³/mol. The van der Waals surface area contributed by atoms with Gasteiger partial charge in [-0.25, -0.2) is 4.68 Å². The van der Waals surface area contributed by atoms with Crippen LogP contribution in [0.1, 0.15) is 22.3 Å². The summed E-state index contributed by atoms with van der Waals surface area (Å²) in [5, 5.41) is 3.91. The highest BCUT2D eigenvalue weighted by Crippen LogP contribution is 2.31. The molecule has 0 unspecified atom stereocenters. The first-order valence-corrected chi connectivity index (χ1v) is 10.2. The number of hydrogen-bond donors (Lipinski definition) is 0. The highest BCUT2D eigenvalue weighted by Gasteiger charge is 2.30. The molecule has 32 heavy (non-hydrogen) atoms. The molecule has 0 spiro atoms. The van der Waals surface area contributed by atoms with Gasteiger partial charge in [0, 0.05) is 17.3 Å². The van der Waals surface area contributed by atoms with Gasteiger partial charge in [-0.05, 0) is 47.3 Å². The van der Waals surface area contributed by atoms with Crippen LogP contribution in [0.4, 0.5) is 13.2 Å². The van der Waals surface area contributed by atoms with E-state index in [-0.39, 0.29) is 12.1 Å². The van der Waals surface area contributed by atoms with Crippen molar-refractivity contribution in [3.05, 3.63) is 107 Å². The molecule has 0 aliphatic carbocycles. The lowest BCUT2D eigenvalue weighted by Gasteiger charge is -2.08. The van der Waals surface area contributed by atoms with Crippen molar-refractivity contribution in [1.29, 1.82) is 0 Å². The van der Waals surface area contributed by atoms with E-state index in [9.17, 15) is 18.0 Å². The highest BCUT2D eigenvalue weighted by molar-refractivity contribution is 6.63. The fourth-order valence-electron chi connectivity index (χ4n) is 3.50. The fraction of sp³-hybridized carbons (Fsp3) is 0.120. The number of carbonyl (C=O) groups excluding carboxylic acids is 1. The lowest BCUT2D eigenvalue weighted by atomic mass is 10.0. The molecule has 0 saturated heterocycles. The van der Waals surface area contributed by atoms with Crippen LogP contribution < -0.4 is 0 Å². The van der Waals surface area contributed by atoms with Gasteiger partial charge >= 0.3 is 6.18 Å². The van der Waals surface area contributed by atoms with E-state index >= 15 is 0 Å². The zero-order valence-corrected chi connectivity index (χ0v) is 17.6. The molecular weight excluding hydrogens is 437 g/mol. The minimum atomic E-state index is -4.46. The molecule has 0 amide bonds. The number of hydrogen-bond acceptors (Lipinski definition) is 2. The van der Waals surface area contributed by atoms with Crippen LogP contribution in [-0.4, -0.2) is 15.0 Å². The van der Waals surface area contributed by atoms with Crippen LogP contribution in [0.15, 0.2) is 85.1 Å². The molecule has 0 aliphatic heterocycles. The molecule has 0 atom stereocenters. The van der Waals surface area contributed by atoms with Crippen molar-refractivity contribution in [2.75, 3.05) is 0 Å². The Hall–Kier alpha value is -3.38. The largest absolute Gasteiger partial charge is 0.416 e. The van der Waals surface area contributed by atoms with E-state index in [0.717, 1.165) is 29.7 Å². The van der Waals surface area contributed by atoms with Crippen LogP contribution in [0.25, 0.3) is 16.9 Å². The minimum Gasteiger partial charge on any atom is -0.281 e. The predicted octanol–water partition coefficient (Wildman–Crippen LogP) is 6.46. The Bertz CT molecular complexity index is 1230. The van der Waals surface area contributed by atoms with Crippen LogP contribution in [-0.2, 0) is 23.8 Å². The summed E-state index contributed by atoms with van der Waals surface area (Å²) >= 11 is 5.60. The Morgan fingerprint density at radius 3 is 2.25 bits per heavy atom. The quantitative estimate of drug-likeness (QED) is 0.313. The Kier molecular flexibility index (Phi) is 6.15. The molecule has 0 bridgehead atoms. The number of halogens is 4. The molecule has 3 aromatic carbocycles. The highest BCUT2D eigenvalue weighted by atomic mass is 35.5. The lowest BCUT2D eigenvalue weighted by molar-refractivity contribution is -0.137. The van der Waals surface area contributed by atoms with Crippen LogP contribution in [0.2, 0.25) is 0 Å². The Balaban J connectivity index is 1.68. The minimum absolute atomic E-state index is 0.0817. The first-order valence-electron chi connectivity index (χ1n) is 9.87. The lowest BCUT2D eigenvalue weighted by Crippen LogP contribution is -2.06. The summed E-state index contributed by atoms with van der Waals surface area (Å²) in [5.74, 6) is 0. The second-order valence-corrected chi connectivity index (χ2v) is 7.81. The third-order valence-electron chi connectivity index (χ3n) is 5.04. The van der Waals surface area contributed by atoms with Gasteiger partial charge in [0.2, 0.25) is 5.24 Å². The second-order valence-electron chi connectivity index (χ2n) is 7.39. The van der Waals surface area contributed by atoms with Gasteiger partial charge in [-0.3, -0.25) is 4.79 Å². The first kappa shape index (κ1) is 21.8. The van der Waals surface area contributed by atoms with Gasteiger partial charge in [0.15, 0.2) is 0 Å². The molecule has 0 N–H and O–H groups in total. The average molecular weight is 455 g/mol. The van der Waals surface area contributed by atoms with Crippen molar-refractivity contribution < 1.29 is 18.0 Å². The Morgan fingerprint density at radius 2 is 1.59 bits per heavy atom. The number of rotatable bonds is 6. The molecule has 0 radical (unpaired) electrons. The van der Waals surface area contributed by atoms with E-state index in [1.165, 1.54) is 22.4 Å². The van der Waals surface area contributed by atoms with Gasteiger partial charge in [-0.15, -0.1) is 0 Å². The number of aromatic nitrogens is 2. The zero-order valence-electron chi connectivity index (χ0n) is 16.8. The van der Waals surface area contributed by atoms with Crippen molar-refractivity contribution >= 4 is 16.8 Å². The molecular formula is C25H18ClF3N2O. The maximum Gasteiger partial charge on any atom is 0.416 e. The van der Waals surface area contributed by atoms with E-state index in [1.807, 2.05) is 42.5 Å². The number of alkyl halides is 3. The van der Waals surface area contributed by atoms with E-state index in [2.05, 4.69) is 17.2 Å². The zero-order chi connectivity index (χ0) is 22.7. The van der Waals surface area contributed by atoms with Gasteiger partial charge in [-0.2, -0.15) is 18.3 Å². The molecule has 0 aliphatic rings. The summed E-state index contributed by atoms with van der Waals surface area (Å²) in [4.78, 5) is 11.6. The molecule has 1 heterocycles. The van der Waals surface area contributed by atoms with Gasteiger partial charge in [0.25, 0.3) is 0 Å². The maximum absolute atomic E-state index is 13.1. The Labute approximate surface area is 188 Å². The van der Waals surface area contributed by atoms with Gasteiger partial charge < -0.3 is 0 Å². The molecule has 0 fully saturated rings. The van der Waals surface area contributed by atoms with Crippen molar-refractivity contribution in [2.24, 2.45) is 0 Å². The van der Waals surface area contributed by atoms with Crippen molar-refractivity contribution in [3.63, 3.8) is 0 Å². The Morgan fingerprint density at radius 1 is 0.906 bits per heavy atom. The summed E-state index contributed by atoms with van der Waals surface area (Å²) in [6.45, 7) is 0. The number of nitrogens with zero attached hydrogens (tertiary/aromatic N) is 2. The fourth-order valence-corrected chi connectivity index (χ4v) is 3.64. The van der Waals surface area contributed by atoms with E-state index in [1.54, 1.807) is 6.20 Å². The maximum atomic E-state index is 13.1. The SMILES string of the molecule is O=C(Cl)Cc1cn(-c2cccc(C(F)(F)F)c2)nc1-c1ccc(Cc2ccccc2)cc1. The number of carbonyl (C=O) groups is 1. The summed E-state index contributed by atoms with van der Waals surface area (Å²) < 4.78 is 40.7. The standard InChI is InChI=1S/C25H18ClF3N2O/c26-23(32)14-20-16-31(22-8-4-7-21(15-22)25(27,28)29)30-24(20)19-11-9-18(10-12-19)13-17-5-2-1-3-6-17/h1-12,15-16H,13-14H2. The van der Waals surface area contributed by atoms with Crippen LogP contribution in [0.3, 0.4) is 0 Å². The topological polar surface area (TPSA) is 34.9 Å². The average Bonchev–Trinajstić information content (AvgIpc) is 3.18. The summed E-state index contributed by atoms with van der Waals surface area (Å²) in [5.41, 5.74) is 3.55. The van der Waals surface area contributed by atoms with Crippen molar-refractivity contribution in [3.8, 4) is 16.9 Å². The molecule has 4 rings (SSSR count). The molecule has 1 aromatic heterocycles. The van der Waals surface area contributed by atoms with Gasteiger partial charge in [0.05, 0.1) is 23.4 Å². The first-order chi connectivity index (χ1) is 15.3. The summed E-state index contributed by atoms with van der Waals surface area (Å²) in [6.07, 6.45) is -2.23. The molecule has 7 heteroatoms. The summed E-state index contributed by atoms with van der Waals surface area (Å²) in [7, 11) is 0. The van der Waals surface area contributed by atoms with E-state index in [4.69, 9.17) is 11.6 Å². The third-order valence-corrected chi connectivity index (χ3v) is 5.17. The monoisotopic (exact) mass is 454 g/mol. The van der Waals surface area contributed by atoms with Gasteiger partial charge in [-0.1, -0.05) is 60.7 Å². The molecule has 0 saturated carbocycles. The van der Waals surface area contributed by atoms with Crippen LogP contribution in [0.5, 0.6) is 0 Å². The van der Waals surface area contributed by atoms with Gasteiger partial charge in [0.1, 0.15) is 0 Å². The molecule has 162 valence electrons. The molecule has 3 nitrogen and oxygen atoms in total. The van der Waals surface area contributed by atoms with E-state index in [0.29, 0.717) is 11.3 Å². The third kappa shape index (κ3) is 5.08. The van der Waals surface area contributed by atoms with Crippen molar-refractivity contribution in [2.45, 2.75) is 19.0 Å².